The van der Waals surface area contributed by atoms with Gasteiger partial charge in [-0.2, -0.15) is 0 Å². The van der Waals surface area contributed by atoms with Crippen LogP contribution in [0.2, 0.25) is 0 Å². The highest BCUT2D eigenvalue weighted by atomic mass is 16.5. The van der Waals surface area contributed by atoms with E-state index in [-0.39, 0.29) is 17.9 Å². The summed E-state index contributed by atoms with van der Waals surface area (Å²) in [6, 6.07) is 4.30. The van der Waals surface area contributed by atoms with Gasteiger partial charge in [-0.1, -0.05) is 19.1 Å². The summed E-state index contributed by atoms with van der Waals surface area (Å²) in [6.45, 7) is 8.31. The molecule has 106 valence electrons. The average Bonchev–Trinajstić information content (AvgIpc) is 2.39. The number of nitrogens with two attached hydrogens (primary N) is 1. The van der Waals surface area contributed by atoms with Gasteiger partial charge in [0.15, 0.2) is 0 Å². The molecule has 0 aliphatic carbocycles. The van der Waals surface area contributed by atoms with E-state index in [1.165, 1.54) is 29.4 Å². The van der Waals surface area contributed by atoms with Gasteiger partial charge in [0.25, 0.3) is 0 Å². The summed E-state index contributed by atoms with van der Waals surface area (Å²) in [5.74, 6) is -0.178. The van der Waals surface area contributed by atoms with Crippen molar-refractivity contribution in [1.29, 1.82) is 0 Å². The summed E-state index contributed by atoms with van der Waals surface area (Å²) < 4.78 is 4.80. The molecule has 1 aromatic rings. The van der Waals surface area contributed by atoms with Crippen LogP contribution in [0.1, 0.15) is 47.9 Å². The summed E-state index contributed by atoms with van der Waals surface area (Å²) in [7, 11) is 1.42. The number of benzene rings is 1. The minimum absolute atomic E-state index is 0.0248. The monoisotopic (exact) mass is 263 g/mol. The molecule has 3 nitrogen and oxygen atoms in total. The molecule has 19 heavy (non-hydrogen) atoms. The molecule has 0 fully saturated rings. The smallest absolute Gasteiger partial charge is 0.306 e. The van der Waals surface area contributed by atoms with Crippen LogP contribution in [-0.4, -0.2) is 19.1 Å². The quantitative estimate of drug-likeness (QED) is 0.831. The molecule has 2 N–H and O–H groups in total. The zero-order valence-corrected chi connectivity index (χ0v) is 12.6. The number of hydrogen-bond acceptors (Lipinski definition) is 3. The highest BCUT2D eigenvalue weighted by Gasteiger charge is 2.24. The van der Waals surface area contributed by atoms with Crippen molar-refractivity contribution < 1.29 is 9.53 Å². The number of methoxy groups -OCH3 is 1. The summed E-state index contributed by atoms with van der Waals surface area (Å²) in [4.78, 5) is 11.6. The second-order valence-corrected chi connectivity index (χ2v) is 5.25. The molecule has 1 rings (SSSR count). The number of carbonyl (C=O) groups excluding carboxylic acids is 1. The number of carbonyl (C=O) groups is 1. The Morgan fingerprint density at radius 2 is 1.79 bits per heavy atom. The van der Waals surface area contributed by atoms with E-state index in [0.717, 1.165) is 6.42 Å². The number of esters is 1. The van der Waals surface area contributed by atoms with E-state index in [4.69, 9.17) is 10.5 Å². The van der Waals surface area contributed by atoms with Gasteiger partial charge in [0.05, 0.1) is 13.5 Å². The van der Waals surface area contributed by atoms with Crippen molar-refractivity contribution >= 4 is 5.97 Å². The topological polar surface area (TPSA) is 52.3 Å². The van der Waals surface area contributed by atoms with Crippen molar-refractivity contribution in [3.8, 4) is 0 Å². The van der Waals surface area contributed by atoms with E-state index in [1.54, 1.807) is 0 Å². The fraction of sp³-hybridized carbons (Fsp3) is 0.562. The molecule has 0 saturated heterocycles. The standard InChI is InChI=1S/C16H25NO2/c1-6-15(17)14(9-16(18)19-5)13-8-11(3)10(2)7-12(13)4/h7-8,14-15H,6,9,17H2,1-5H3. The third kappa shape index (κ3) is 3.80. The number of hydrogen-bond donors (Lipinski definition) is 1. The van der Waals surface area contributed by atoms with Crippen LogP contribution in [-0.2, 0) is 9.53 Å². The van der Waals surface area contributed by atoms with E-state index in [9.17, 15) is 4.79 Å². The van der Waals surface area contributed by atoms with Gasteiger partial charge in [0.1, 0.15) is 0 Å². The van der Waals surface area contributed by atoms with Gasteiger partial charge in [0, 0.05) is 12.0 Å². The van der Waals surface area contributed by atoms with Crippen molar-refractivity contribution in [2.24, 2.45) is 5.73 Å². The molecule has 2 atom stereocenters. The van der Waals surface area contributed by atoms with Gasteiger partial charge < -0.3 is 10.5 Å². The summed E-state index contributed by atoms with van der Waals surface area (Å²) >= 11 is 0. The normalized spacial score (nSPS) is 14.0. The third-order valence-electron chi connectivity index (χ3n) is 3.88. The summed E-state index contributed by atoms with van der Waals surface area (Å²) in [5.41, 5.74) is 11.1. The van der Waals surface area contributed by atoms with Crippen molar-refractivity contribution in [3.05, 3.63) is 34.4 Å². The Kier molecular flexibility index (Phi) is 5.55. The fourth-order valence-corrected chi connectivity index (χ4v) is 2.42. The highest BCUT2D eigenvalue weighted by Crippen LogP contribution is 2.29. The second-order valence-electron chi connectivity index (χ2n) is 5.25. The van der Waals surface area contributed by atoms with Crippen molar-refractivity contribution in [2.45, 2.75) is 52.5 Å². The predicted octanol–water partition coefficient (Wildman–Crippen LogP) is 3.00. The Labute approximate surface area is 116 Å². The highest BCUT2D eigenvalue weighted by molar-refractivity contribution is 5.70. The molecular weight excluding hydrogens is 238 g/mol. The van der Waals surface area contributed by atoms with Crippen LogP contribution in [0.3, 0.4) is 0 Å². The third-order valence-corrected chi connectivity index (χ3v) is 3.88. The van der Waals surface area contributed by atoms with Crippen LogP contribution in [0.4, 0.5) is 0 Å². The van der Waals surface area contributed by atoms with Gasteiger partial charge in [-0.05, 0) is 49.4 Å². The lowest BCUT2D eigenvalue weighted by Gasteiger charge is -2.25. The first kappa shape index (κ1) is 15.7. The van der Waals surface area contributed by atoms with Crippen LogP contribution in [0.15, 0.2) is 12.1 Å². The van der Waals surface area contributed by atoms with Crippen molar-refractivity contribution in [3.63, 3.8) is 0 Å². The Morgan fingerprint density at radius 1 is 1.21 bits per heavy atom. The fourth-order valence-electron chi connectivity index (χ4n) is 2.42. The lowest BCUT2D eigenvalue weighted by molar-refractivity contribution is -0.141. The zero-order chi connectivity index (χ0) is 14.6. The summed E-state index contributed by atoms with van der Waals surface area (Å²) in [5, 5.41) is 0. The molecule has 0 saturated carbocycles. The SMILES string of the molecule is CCC(N)C(CC(=O)OC)c1cc(C)c(C)cc1C. The minimum Gasteiger partial charge on any atom is -0.469 e. The Balaban J connectivity index is 3.17. The first-order valence-electron chi connectivity index (χ1n) is 6.80. The molecular formula is C16H25NO2. The Bertz CT molecular complexity index is 454. The minimum atomic E-state index is -0.202. The molecule has 0 spiro atoms. The molecule has 0 amide bonds. The maximum atomic E-state index is 11.6. The van der Waals surface area contributed by atoms with Crippen LogP contribution >= 0.6 is 0 Å². The number of ether oxygens (including phenoxy) is 1. The second kappa shape index (κ2) is 6.71. The van der Waals surface area contributed by atoms with Gasteiger partial charge in [-0.25, -0.2) is 0 Å². The molecule has 1 aromatic carbocycles. The molecule has 0 heterocycles. The molecule has 0 aliphatic rings. The zero-order valence-electron chi connectivity index (χ0n) is 12.6. The lowest BCUT2D eigenvalue weighted by Crippen LogP contribution is -2.30. The van der Waals surface area contributed by atoms with Gasteiger partial charge in [-0.15, -0.1) is 0 Å². The van der Waals surface area contributed by atoms with Crippen LogP contribution in [0.25, 0.3) is 0 Å². The van der Waals surface area contributed by atoms with E-state index < -0.39 is 0 Å². The van der Waals surface area contributed by atoms with Crippen molar-refractivity contribution in [1.82, 2.24) is 0 Å². The molecule has 0 radical (unpaired) electrons. The van der Waals surface area contributed by atoms with Crippen molar-refractivity contribution in [2.75, 3.05) is 7.11 Å². The molecule has 0 aliphatic heterocycles. The largest absolute Gasteiger partial charge is 0.469 e. The van der Waals surface area contributed by atoms with Crippen LogP contribution in [0, 0.1) is 20.8 Å². The molecule has 2 unspecified atom stereocenters. The predicted molar refractivity (Wildman–Crippen MR) is 78.3 cm³/mol. The lowest BCUT2D eigenvalue weighted by atomic mass is 9.83. The van der Waals surface area contributed by atoms with Gasteiger partial charge >= 0.3 is 5.97 Å². The van der Waals surface area contributed by atoms with Crippen LogP contribution < -0.4 is 5.73 Å². The van der Waals surface area contributed by atoms with E-state index >= 15 is 0 Å². The van der Waals surface area contributed by atoms with E-state index in [2.05, 4.69) is 32.9 Å². The number of rotatable bonds is 5. The Morgan fingerprint density at radius 3 is 2.32 bits per heavy atom. The maximum absolute atomic E-state index is 11.6. The maximum Gasteiger partial charge on any atom is 0.306 e. The van der Waals surface area contributed by atoms with Crippen LogP contribution in [0.5, 0.6) is 0 Å². The van der Waals surface area contributed by atoms with Gasteiger partial charge in [-0.3, -0.25) is 4.79 Å². The first-order valence-corrected chi connectivity index (χ1v) is 6.80. The summed E-state index contributed by atoms with van der Waals surface area (Å²) in [6.07, 6.45) is 1.18. The molecule has 0 bridgehead atoms. The average molecular weight is 263 g/mol. The molecule has 0 aromatic heterocycles. The van der Waals surface area contributed by atoms with E-state index in [1.807, 2.05) is 6.92 Å². The Hall–Kier alpha value is -1.35. The van der Waals surface area contributed by atoms with Gasteiger partial charge in [0.2, 0.25) is 0 Å². The van der Waals surface area contributed by atoms with E-state index in [0.29, 0.717) is 6.42 Å². The first-order chi connectivity index (χ1) is 8.90. The molecule has 3 heteroatoms. The number of aryl methyl sites for hydroxylation is 3.